The predicted molar refractivity (Wildman–Crippen MR) is 109 cm³/mol. The number of hydrogen-bond acceptors (Lipinski definition) is 3. The van der Waals surface area contributed by atoms with E-state index in [-0.39, 0.29) is 23.7 Å². The van der Waals surface area contributed by atoms with E-state index in [0.29, 0.717) is 25.2 Å². The fourth-order valence-electron chi connectivity index (χ4n) is 3.52. The molecule has 0 radical (unpaired) electrons. The fraction of sp³-hybridized carbons (Fsp3) is 0.500. The number of hydrogen-bond donors (Lipinski definition) is 1. The van der Waals surface area contributed by atoms with Gasteiger partial charge in [0.1, 0.15) is 5.78 Å². The molecule has 144 valence electrons. The van der Waals surface area contributed by atoms with Crippen molar-refractivity contribution in [2.75, 3.05) is 6.61 Å². The number of aliphatic hydroxyl groups is 1. The average molecular weight is 366 g/mol. The lowest BCUT2D eigenvalue weighted by molar-refractivity contribution is -0.118. The van der Waals surface area contributed by atoms with Crippen LogP contribution in [0.25, 0.3) is 0 Å². The Balaban J connectivity index is 1.62. The number of carbonyl (C=O) groups excluding carboxylic acids is 1. The molecular weight excluding hydrogens is 334 g/mol. The summed E-state index contributed by atoms with van der Waals surface area (Å²) in [6.07, 6.45) is 5.91. The van der Waals surface area contributed by atoms with E-state index in [1.807, 2.05) is 12.3 Å². The van der Waals surface area contributed by atoms with Gasteiger partial charge in [0.05, 0.1) is 0 Å². The van der Waals surface area contributed by atoms with Crippen molar-refractivity contribution in [2.24, 2.45) is 0 Å². The molecule has 3 rings (SSSR count). The molecular formula is C24H31NO2. The van der Waals surface area contributed by atoms with Crippen LogP contribution in [0.4, 0.5) is 0 Å². The van der Waals surface area contributed by atoms with Crippen LogP contribution < -0.4 is 0 Å². The summed E-state index contributed by atoms with van der Waals surface area (Å²) in [5.41, 5.74) is 4.66. The molecule has 1 aromatic heterocycles. The van der Waals surface area contributed by atoms with E-state index in [4.69, 9.17) is 0 Å². The van der Waals surface area contributed by atoms with Gasteiger partial charge in [-0.05, 0) is 53.4 Å². The molecule has 3 nitrogen and oxygen atoms in total. The van der Waals surface area contributed by atoms with Gasteiger partial charge < -0.3 is 5.11 Å². The third-order valence-electron chi connectivity index (χ3n) is 5.45. The van der Waals surface area contributed by atoms with Crippen LogP contribution in [0.1, 0.15) is 80.7 Å². The lowest BCUT2D eigenvalue weighted by atomic mass is 9.86. The minimum Gasteiger partial charge on any atom is -0.396 e. The molecule has 1 N–H and O–H groups in total. The Kier molecular flexibility index (Phi) is 6.11. The average Bonchev–Trinajstić information content (AvgIpc) is 3.46. The standard InChI is InChI=1S/C24H31NO2/c1-24(2,3)21-9-4-17(5-10-21)14-22(27)15-19(12-13-26)23-11-8-20(16-25-23)18-6-7-18/h4-5,8-11,16,18-19,26H,6-7,12-15H2,1-3H3/t19-/m0/s1. The van der Waals surface area contributed by atoms with Gasteiger partial charge >= 0.3 is 0 Å². The Morgan fingerprint density at radius 1 is 1.15 bits per heavy atom. The first-order valence-corrected chi connectivity index (χ1v) is 10.0. The molecule has 0 saturated heterocycles. The van der Waals surface area contributed by atoms with Gasteiger partial charge in [-0.2, -0.15) is 0 Å². The zero-order valence-electron chi connectivity index (χ0n) is 16.7. The quantitative estimate of drug-likeness (QED) is 0.722. The van der Waals surface area contributed by atoms with Gasteiger partial charge in [-0.3, -0.25) is 9.78 Å². The highest BCUT2D eigenvalue weighted by Gasteiger charge is 2.24. The van der Waals surface area contributed by atoms with E-state index in [9.17, 15) is 9.90 Å². The van der Waals surface area contributed by atoms with Crippen LogP contribution in [-0.4, -0.2) is 22.5 Å². The lowest BCUT2D eigenvalue weighted by Crippen LogP contribution is -2.13. The van der Waals surface area contributed by atoms with E-state index in [0.717, 1.165) is 11.3 Å². The number of ketones is 1. The monoisotopic (exact) mass is 365 g/mol. The molecule has 1 aliphatic rings. The summed E-state index contributed by atoms with van der Waals surface area (Å²) in [6.45, 7) is 6.64. The Bertz CT molecular complexity index is 752. The number of Topliss-reactive ketones (excluding diaryl/α,β-unsaturated/α-hetero) is 1. The van der Waals surface area contributed by atoms with Crippen molar-refractivity contribution in [3.05, 3.63) is 65.0 Å². The van der Waals surface area contributed by atoms with Crippen molar-refractivity contribution in [2.45, 2.75) is 70.1 Å². The van der Waals surface area contributed by atoms with Crippen molar-refractivity contribution in [1.82, 2.24) is 4.98 Å². The first-order valence-electron chi connectivity index (χ1n) is 10.0. The minimum absolute atomic E-state index is 0.00963. The van der Waals surface area contributed by atoms with Crippen molar-refractivity contribution >= 4 is 5.78 Å². The number of aromatic nitrogens is 1. The maximum absolute atomic E-state index is 12.6. The highest BCUT2D eigenvalue weighted by Crippen LogP contribution is 2.40. The first kappa shape index (κ1) is 19.8. The largest absolute Gasteiger partial charge is 0.396 e. The van der Waals surface area contributed by atoms with Crippen molar-refractivity contribution in [3.8, 4) is 0 Å². The zero-order chi connectivity index (χ0) is 19.4. The summed E-state index contributed by atoms with van der Waals surface area (Å²) in [7, 11) is 0. The van der Waals surface area contributed by atoms with Crippen LogP contribution in [0, 0.1) is 0 Å². The van der Waals surface area contributed by atoms with Gasteiger partial charge in [0.2, 0.25) is 0 Å². The second-order valence-electron chi connectivity index (χ2n) is 8.87. The maximum Gasteiger partial charge on any atom is 0.137 e. The smallest absolute Gasteiger partial charge is 0.137 e. The number of benzene rings is 1. The third kappa shape index (κ3) is 5.49. The number of pyridine rings is 1. The molecule has 1 atom stereocenters. The van der Waals surface area contributed by atoms with Crippen LogP contribution in [0.15, 0.2) is 42.6 Å². The van der Waals surface area contributed by atoms with Gasteiger partial charge in [0.25, 0.3) is 0 Å². The van der Waals surface area contributed by atoms with Crippen LogP contribution in [0.2, 0.25) is 0 Å². The molecule has 0 unspecified atom stereocenters. The van der Waals surface area contributed by atoms with Gasteiger partial charge in [-0.1, -0.05) is 51.1 Å². The third-order valence-corrected chi connectivity index (χ3v) is 5.45. The molecule has 27 heavy (non-hydrogen) atoms. The Morgan fingerprint density at radius 2 is 1.85 bits per heavy atom. The Hall–Kier alpha value is -2.00. The maximum atomic E-state index is 12.6. The number of nitrogens with zero attached hydrogens (tertiary/aromatic N) is 1. The van der Waals surface area contributed by atoms with Gasteiger partial charge in [-0.25, -0.2) is 0 Å². The topological polar surface area (TPSA) is 50.2 Å². The summed E-state index contributed by atoms with van der Waals surface area (Å²) in [4.78, 5) is 17.2. The predicted octanol–water partition coefficient (Wildman–Crippen LogP) is 4.92. The molecule has 1 aromatic carbocycles. The van der Waals surface area contributed by atoms with Crippen molar-refractivity contribution in [1.29, 1.82) is 0 Å². The van der Waals surface area contributed by atoms with Gasteiger partial charge in [0.15, 0.2) is 0 Å². The lowest BCUT2D eigenvalue weighted by Gasteiger charge is -2.19. The van der Waals surface area contributed by atoms with Crippen LogP contribution in [0.3, 0.4) is 0 Å². The molecule has 0 amide bonds. The Labute approximate surface area is 162 Å². The molecule has 0 spiro atoms. The van der Waals surface area contributed by atoms with E-state index in [1.54, 1.807) is 0 Å². The minimum atomic E-state index is -0.00963. The van der Waals surface area contributed by atoms with Crippen LogP contribution in [0.5, 0.6) is 0 Å². The molecule has 1 aliphatic carbocycles. The van der Waals surface area contributed by atoms with Gasteiger partial charge in [0, 0.05) is 37.3 Å². The van der Waals surface area contributed by atoms with Crippen LogP contribution >= 0.6 is 0 Å². The summed E-state index contributed by atoms with van der Waals surface area (Å²) in [5.74, 6) is 0.871. The fourth-order valence-corrected chi connectivity index (χ4v) is 3.52. The zero-order valence-corrected chi connectivity index (χ0v) is 16.7. The second-order valence-corrected chi connectivity index (χ2v) is 8.87. The second kappa shape index (κ2) is 8.35. The molecule has 0 bridgehead atoms. The summed E-state index contributed by atoms with van der Waals surface area (Å²) >= 11 is 0. The highest BCUT2D eigenvalue weighted by molar-refractivity contribution is 5.81. The van der Waals surface area contributed by atoms with Crippen LogP contribution in [-0.2, 0) is 16.6 Å². The molecule has 2 aromatic rings. The molecule has 1 heterocycles. The number of rotatable bonds is 8. The van der Waals surface area contributed by atoms with E-state index >= 15 is 0 Å². The number of carbonyl (C=O) groups is 1. The van der Waals surface area contributed by atoms with Crippen molar-refractivity contribution in [3.63, 3.8) is 0 Å². The Morgan fingerprint density at radius 3 is 2.37 bits per heavy atom. The van der Waals surface area contributed by atoms with E-state index in [1.165, 1.54) is 24.0 Å². The first-order chi connectivity index (χ1) is 12.9. The normalized spacial score (nSPS) is 15.6. The molecule has 0 aliphatic heterocycles. The molecule has 1 fully saturated rings. The molecule has 1 saturated carbocycles. The SMILES string of the molecule is CC(C)(C)c1ccc(CC(=O)C[C@H](CCO)c2ccc(C3CC3)cn2)cc1. The van der Waals surface area contributed by atoms with E-state index in [2.05, 4.69) is 56.1 Å². The summed E-state index contributed by atoms with van der Waals surface area (Å²) in [5, 5.41) is 9.42. The van der Waals surface area contributed by atoms with Crippen molar-refractivity contribution < 1.29 is 9.90 Å². The van der Waals surface area contributed by atoms with Gasteiger partial charge in [-0.15, -0.1) is 0 Å². The highest BCUT2D eigenvalue weighted by atomic mass is 16.3. The summed E-state index contributed by atoms with van der Waals surface area (Å²) < 4.78 is 0. The van der Waals surface area contributed by atoms with E-state index < -0.39 is 0 Å². The number of aliphatic hydroxyl groups excluding tert-OH is 1. The summed E-state index contributed by atoms with van der Waals surface area (Å²) in [6, 6.07) is 12.5. The molecule has 3 heteroatoms.